The molecule has 0 spiro atoms. The number of carbonyl (C=O) groups excluding carboxylic acids is 1. The van der Waals surface area contributed by atoms with Crippen molar-refractivity contribution in [3.63, 3.8) is 0 Å². The number of rotatable bonds is 4. The third-order valence-corrected chi connectivity index (χ3v) is 5.29. The van der Waals surface area contributed by atoms with E-state index < -0.39 is 0 Å². The van der Waals surface area contributed by atoms with Gasteiger partial charge in [0.2, 0.25) is 5.91 Å². The Morgan fingerprint density at radius 3 is 2.92 bits per heavy atom. The van der Waals surface area contributed by atoms with E-state index in [1.807, 2.05) is 36.3 Å². The van der Waals surface area contributed by atoms with Crippen molar-refractivity contribution in [1.82, 2.24) is 14.7 Å². The largest absolute Gasteiger partial charge is 0.342 e. The molecule has 6 heteroatoms. The van der Waals surface area contributed by atoms with E-state index in [0.717, 1.165) is 30.0 Å². The molecular weight excluding hydrogens is 322 g/mol. The second-order valence-electron chi connectivity index (χ2n) is 6.66. The minimum atomic E-state index is -0.0809. The van der Waals surface area contributed by atoms with E-state index in [2.05, 4.69) is 5.10 Å². The van der Waals surface area contributed by atoms with E-state index in [0.29, 0.717) is 13.1 Å². The summed E-state index contributed by atoms with van der Waals surface area (Å²) in [6, 6.07) is 7.35. The van der Waals surface area contributed by atoms with Crippen LogP contribution >= 0.6 is 11.3 Å². The van der Waals surface area contributed by atoms with Crippen LogP contribution in [0.2, 0.25) is 0 Å². The first-order valence-electron chi connectivity index (χ1n) is 8.45. The summed E-state index contributed by atoms with van der Waals surface area (Å²) in [7, 11) is 0. The average Bonchev–Trinajstić information content (AvgIpc) is 3.11. The molecule has 0 N–H and O–H groups in total. The Bertz CT molecular complexity index is 752. The summed E-state index contributed by atoms with van der Waals surface area (Å²) in [5, 5.41) is 6.53. The van der Waals surface area contributed by atoms with E-state index in [4.69, 9.17) is 0 Å². The lowest BCUT2D eigenvalue weighted by Crippen LogP contribution is -2.43. The molecule has 1 atom stereocenters. The third kappa shape index (κ3) is 3.75. The Morgan fingerprint density at radius 1 is 1.38 bits per heavy atom. The number of likely N-dealkylation sites (tertiary alicyclic amines) is 1. The fourth-order valence-corrected chi connectivity index (χ4v) is 3.85. The van der Waals surface area contributed by atoms with Crippen LogP contribution in [0.1, 0.15) is 26.7 Å². The number of thiophene rings is 1. The zero-order valence-electron chi connectivity index (χ0n) is 14.1. The summed E-state index contributed by atoms with van der Waals surface area (Å²) >= 11 is 1.61. The van der Waals surface area contributed by atoms with Crippen molar-refractivity contribution in [2.45, 2.75) is 33.2 Å². The van der Waals surface area contributed by atoms with E-state index >= 15 is 0 Å². The molecule has 0 aromatic carbocycles. The van der Waals surface area contributed by atoms with Gasteiger partial charge >= 0.3 is 0 Å². The molecule has 3 heterocycles. The molecule has 0 unspecified atom stereocenters. The minimum absolute atomic E-state index is 0.0201. The first-order chi connectivity index (χ1) is 11.5. The van der Waals surface area contributed by atoms with Gasteiger partial charge < -0.3 is 4.90 Å². The van der Waals surface area contributed by atoms with Crippen molar-refractivity contribution in [3.8, 4) is 10.6 Å². The van der Waals surface area contributed by atoms with E-state index in [9.17, 15) is 9.59 Å². The number of aromatic nitrogens is 2. The van der Waals surface area contributed by atoms with Crippen LogP contribution in [0.5, 0.6) is 0 Å². The van der Waals surface area contributed by atoms with Crippen molar-refractivity contribution < 1.29 is 4.79 Å². The van der Waals surface area contributed by atoms with Crippen LogP contribution in [-0.4, -0.2) is 33.7 Å². The Hall–Kier alpha value is -1.95. The lowest BCUT2D eigenvalue weighted by atomic mass is 9.97. The summed E-state index contributed by atoms with van der Waals surface area (Å²) in [6.07, 6.45) is 2.02. The van der Waals surface area contributed by atoms with Crippen LogP contribution in [0.3, 0.4) is 0 Å². The smallest absolute Gasteiger partial charge is 0.266 e. The SMILES string of the molecule is CC(C)C(=O)N1CCC[C@@H](Cn2nc(-c3cccs3)ccc2=O)C1. The fraction of sp³-hybridized carbons (Fsp3) is 0.500. The van der Waals surface area contributed by atoms with Gasteiger partial charge in [0, 0.05) is 31.6 Å². The zero-order chi connectivity index (χ0) is 17.1. The van der Waals surface area contributed by atoms with Gasteiger partial charge in [-0.2, -0.15) is 5.10 Å². The molecule has 2 aromatic heterocycles. The molecule has 2 aromatic rings. The molecule has 1 fully saturated rings. The highest BCUT2D eigenvalue weighted by atomic mass is 32.1. The second kappa shape index (κ2) is 7.30. The number of hydrogen-bond acceptors (Lipinski definition) is 4. The van der Waals surface area contributed by atoms with Gasteiger partial charge in [-0.25, -0.2) is 4.68 Å². The van der Waals surface area contributed by atoms with Crippen LogP contribution in [-0.2, 0) is 11.3 Å². The highest BCUT2D eigenvalue weighted by molar-refractivity contribution is 7.13. The number of amides is 1. The summed E-state index contributed by atoms with van der Waals surface area (Å²) in [5.74, 6) is 0.504. The number of nitrogens with zero attached hydrogens (tertiary/aromatic N) is 3. The maximum Gasteiger partial charge on any atom is 0.266 e. The molecule has 0 radical (unpaired) electrons. The average molecular weight is 345 g/mol. The molecule has 1 aliphatic heterocycles. The van der Waals surface area contributed by atoms with Crippen molar-refractivity contribution >= 4 is 17.2 Å². The van der Waals surface area contributed by atoms with Gasteiger partial charge in [0.15, 0.2) is 0 Å². The van der Waals surface area contributed by atoms with E-state index in [-0.39, 0.29) is 23.3 Å². The fourth-order valence-electron chi connectivity index (χ4n) is 3.16. The Balaban J connectivity index is 1.75. The molecule has 1 amide bonds. The highest BCUT2D eigenvalue weighted by Crippen LogP contribution is 2.22. The van der Waals surface area contributed by atoms with Crippen LogP contribution in [0, 0.1) is 11.8 Å². The molecule has 0 bridgehead atoms. The van der Waals surface area contributed by atoms with Crippen molar-refractivity contribution in [1.29, 1.82) is 0 Å². The molecule has 1 aliphatic rings. The van der Waals surface area contributed by atoms with E-state index in [1.165, 1.54) is 0 Å². The number of hydrogen-bond donors (Lipinski definition) is 0. The first kappa shape index (κ1) is 16.9. The summed E-state index contributed by atoms with van der Waals surface area (Å²) in [5.41, 5.74) is 0.748. The van der Waals surface area contributed by atoms with Gasteiger partial charge in [-0.05, 0) is 36.3 Å². The predicted molar refractivity (Wildman–Crippen MR) is 96.0 cm³/mol. The molecule has 0 aliphatic carbocycles. The molecule has 1 saturated heterocycles. The third-order valence-electron chi connectivity index (χ3n) is 4.40. The van der Waals surface area contributed by atoms with Crippen LogP contribution < -0.4 is 5.56 Å². The maximum atomic E-state index is 12.2. The molecule has 5 nitrogen and oxygen atoms in total. The summed E-state index contributed by atoms with van der Waals surface area (Å²) < 4.78 is 1.56. The highest BCUT2D eigenvalue weighted by Gasteiger charge is 2.25. The topological polar surface area (TPSA) is 55.2 Å². The van der Waals surface area contributed by atoms with Crippen molar-refractivity contribution in [2.24, 2.45) is 11.8 Å². The number of piperidine rings is 1. The molecule has 24 heavy (non-hydrogen) atoms. The lowest BCUT2D eigenvalue weighted by Gasteiger charge is -2.33. The maximum absolute atomic E-state index is 12.2. The van der Waals surface area contributed by atoms with Crippen molar-refractivity contribution in [3.05, 3.63) is 40.0 Å². The second-order valence-corrected chi connectivity index (χ2v) is 7.61. The van der Waals surface area contributed by atoms with Crippen LogP contribution in [0.4, 0.5) is 0 Å². The normalized spacial score (nSPS) is 18.1. The van der Waals surface area contributed by atoms with Crippen LogP contribution in [0.15, 0.2) is 34.4 Å². The molecular formula is C18H23N3O2S. The van der Waals surface area contributed by atoms with E-state index in [1.54, 1.807) is 28.2 Å². The van der Waals surface area contributed by atoms with Gasteiger partial charge in [-0.1, -0.05) is 19.9 Å². The Kier molecular flexibility index (Phi) is 5.14. The predicted octanol–water partition coefficient (Wildman–Crippen LogP) is 2.87. The van der Waals surface area contributed by atoms with Gasteiger partial charge in [-0.3, -0.25) is 9.59 Å². The van der Waals surface area contributed by atoms with Crippen molar-refractivity contribution in [2.75, 3.05) is 13.1 Å². The Morgan fingerprint density at radius 2 is 2.21 bits per heavy atom. The zero-order valence-corrected chi connectivity index (χ0v) is 15.0. The first-order valence-corrected chi connectivity index (χ1v) is 9.33. The van der Waals surface area contributed by atoms with Gasteiger partial charge in [0.05, 0.1) is 4.88 Å². The Labute approximate surface area is 145 Å². The minimum Gasteiger partial charge on any atom is -0.342 e. The monoisotopic (exact) mass is 345 g/mol. The van der Waals surface area contributed by atoms with Gasteiger partial charge in [-0.15, -0.1) is 11.3 Å². The summed E-state index contributed by atoms with van der Waals surface area (Å²) in [4.78, 5) is 27.4. The summed E-state index contributed by atoms with van der Waals surface area (Å²) in [6.45, 7) is 5.98. The quantitative estimate of drug-likeness (QED) is 0.856. The van der Waals surface area contributed by atoms with Gasteiger partial charge in [0.1, 0.15) is 5.69 Å². The molecule has 128 valence electrons. The standard InChI is InChI=1S/C18H23N3O2S/c1-13(2)18(23)20-9-3-5-14(11-20)12-21-17(22)8-7-15(19-21)16-6-4-10-24-16/h4,6-8,10,13-14H,3,5,9,11-12H2,1-2H3/t14-/m1/s1. The van der Waals surface area contributed by atoms with Gasteiger partial charge in [0.25, 0.3) is 5.56 Å². The number of carbonyl (C=O) groups is 1. The molecule has 3 rings (SSSR count). The molecule has 0 saturated carbocycles. The van der Waals surface area contributed by atoms with Crippen LogP contribution in [0.25, 0.3) is 10.6 Å². The lowest BCUT2D eigenvalue weighted by molar-refractivity contribution is -0.136.